The summed E-state index contributed by atoms with van der Waals surface area (Å²) in [7, 11) is 2.68. The van der Waals surface area contributed by atoms with Crippen LogP contribution in [0.25, 0.3) is 10.2 Å². The van der Waals surface area contributed by atoms with E-state index in [0.717, 1.165) is 15.0 Å². The van der Waals surface area contributed by atoms with E-state index in [9.17, 15) is 14.4 Å². The summed E-state index contributed by atoms with van der Waals surface area (Å²) in [6.07, 6.45) is 0.664. The molecule has 0 atom stereocenters. The fourth-order valence-electron chi connectivity index (χ4n) is 2.79. The SMILES string of the molecule is COC(=O)Cn1c(=O)n(C)c(=O)c2sc3c(c21)COC(C)(C)C3. The maximum absolute atomic E-state index is 12.4. The number of carbonyl (C=O) groups is 1. The van der Waals surface area contributed by atoms with Gasteiger partial charge in [-0.1, -0.05) is 0 Å². The highest BCUT2D eigenvalue weighted by Gasteiger charge is 2.31. The van der Waals surface area contributed by atoms with Gasteiger partial charge in [-0.15, -0.1) is 11.3 Å². The number of rotatable bonds is 2. The maximum Gasteiger partial charge on any atom is 0.331 e. The summed E-state index contributed by atoms with van der Waals surface area (Å²) in [5.74, 6) is -0.538. The summed E-state index contributed by atoms with van der Waals surface area (Å²) in [5.41, 5.74) is 0.135. The second-order valence-corrected chi connectivity index (χ2v) is 7.32. The zero-order valence-electron chi connectivity index (χ0n) is 13.5. The number of thiophene rings is 1. The molecule has 8 heteroatoms. The second-order valence-electron chi connectivity index (χ2n) is 6.22. The fraction of sp³-hybridized carbons (Fsp3) is 0.533. The summed E-state index contributed by atoms with van der Waals surface area (Å²) >= 11 is 1.38. The first-order valence-corrected chi connectivity index (χ1v) is 8.01. The molecular weight excluding hydrogens is 320 g/mol. The maximum atomic E-state index is 12.4. The Balaban J connectivity index is 2.34. The van der Waals surface area contributed by atoms with Crippen LogP contribution < -0.4 is 11.2 Å². The number of carbonyl (C=O) groups excluding carboxylic acids is 1. The predicted octanol–water partition coefficient (Wildman–Crippen LogP) is 0.786. The summed E-state index contributed by atoms with van der Waals surface area (Å²) in [4.78, 5) is 37.6. The Hall–Kier alpha value is -1.93. The van der Waals surface area contributed by atoms with Gasteiger partial charge in [0.2, 0.25) is 0 Å². The number of hydrogen-bond donors (Lipinski definition) is 0. The lowest BCUT2D eigenvalue weighted by molar-refractivity contribution is -0.141. The normalized spacial score (nSPS) is 16.3. The molecule has 0 N–H and O–H groups in total. The third-order valence-electron chi connectivity index (χ3n) is 4.06. The van der Waals surface area contributed by atoms with Gasteiger partial charge in [0.15, 0.2) is 0 Å². The van der Waals surface area contributed by atoms with Gasteiger partial charge in [0.05, 0.1) is 24.8 Å². The monoisotopic (exact) mass is 338 g/mol. The lowest BCUT2D eigenvalue weighted by Gasteiger charge is -2.30. The van der Waals surface area contributed by atoms with E-state index in [1.54, 1.807) is 0 Å². The Morgan fingerprint density at radius 3 is 2.74 bits per heavy atom. The van der Waals surface area contributed by atoms with Gasteiger partial charge in [-0.2, -0.15) is 0 Å². The van der Waals surface area contributed by atoms with Crippen LogP contribution in [0.15, 0.2) is 9.59 Å². The van der Waals surface area contributed by atoms with Gasteiger partial charge in [0, 0.05) is 23.9 Å². The van der Waals surface area contributed by atoms with Crippen molar-refractivity contribution in [2.45, 2.75) is 39.0 Å². The van der Waals surface area contributed by atoms with Gasteiger partial charge in [-0.05, 0) is 13.8 Å². The van der Waals surface area contributed by atoms with Crippen molar-refractivity contribution in [2.75, 3.05) is 7.11 Å². The van der Waals surface area contributed by atoms with Crippen molar-refractivity contribution < 1.29 is 14.3 Å². The number of ether oxygens (including phenoxy) is 2. The van der Waals surface area contributed by atoms with Crippen LogP contribution in [-0.4, -0.2) is 27.8 Å². The van der Waals surface area contributed by atoms with E-state index in [1.807, 2.05) is 13.8 Å². The standard InChI is InChI=1S/C15H18N2O5S/c1-15(2)5-9-8(7-22-15)11-12(23-9)13(19)16(3)14(20)17(11)6-10(18)21-4/h5-7H2,1-4H3. The molecule has 1 aliphatic rings. The third-order valence-corrected chi connectivity index (χ3v) is 5.27. The molecule has 0 aromatic carbocycles. The van der Waals surface area contributed by atoms with Crippen LogP contribution in [0.1, 0.15) is 24.3 Å². The number of nitrogens with zero attached hydrogens (tertiary/aromatic N) is 2. The Morgan fingerprint density at radius 1 is 1.39 bits per heavy atom. The molecule has 0 amide bonds. The first kappa shape index (κ1) is 15.9. The molecule has 124 valence electrons. The Morgan fingerprint density at radius 2 is 2.09 bits per heavy atom. The minimum atomic E-state index is -0.538. The Bertz CT molecular complexity index is 919. The van der Waals surface area contributed by atoms with E-state index in [-0.39, 0.29) is 17.7 Å². The van der Waals surface area contributed by atoms with Crippen molar-refractivity contribution >= 4 is 27.5 Å². The number of hydrogen-bond acceptors (Lipinski definition) is 6. The molecular formula is C15H18N2O5S. The number of fused-ring (bicyclic) bond motifs is 3. The van der Waals surface area contributed by atoms with E-state index in [4.69, 9.17) is 4.74 Å². The minimum absolute atomic E-state index is 0.230. The van der Waals surface area contributed by atoms with Crippen LogP contribution >= 0.6 is 11.3 Å². The van der Waals surface area contributed by atoms with Gasteiger partial charge in [-0.25, -0.2) is 4.79 Å². The number of aromatic nitrogens is 2. The van der Waals surface area contributed by atoms with Crippen LogP contribution in [0.2, 0.25) is 0 Å². The molecule has 0 spiro atoms. The van der Waals surface area contributed by atoms with Crippen LogP contribution in [0.4, 0.5) is 0 Å². The molecule has 0 radical (unpaired) electrons. The second kappa shape index (κ2) is 5.31. The first-order valence-electron chi connectivity index (χ1n) is 7.20. The molecule has 7 nitrogen and oxygen atoms in total. The zero-order valence-corrected chi connectivity index (χ0v) is 14.3. The van der Waals surface area contributed by atoms with E-state index in [2.05, 4.69) is 4.74 Å². The van der Waals surface area contributed by atoms with Crippen molar-refractivity contribution in [1.29, 1.82) is 0 Å². The fourth-order valence-corrected chi connectivity index (χ4v) is 4.29. The Labute approximate surface area is 136 Å². The van der Waals surface area contributed by atoms with E-state index < -0.39 is 11.7 Å². The molecule has 0 saturated heterocycles. The molecule has 23 heavy (non-hydrogen) atoms. The average Bonchev–Trinajstić information content (AvgIpc) is 2.86. The molecule has 0 unspecified atom stereocenters. The highest BCUT2D eigenvalue weighted by molar-refractivity contribution is 7.19. The van der Waals surface area contributed by atoms with Crippen molar-refractivity contribution in [1.82, 2.24) is 9.13 Å². The topological polar surface area (TPSA) is 79.5 Å². The van der Waals surface area contributed by atoms with Gasteiger partial charge < -0.3 is 9.47 Å². The van der Waals surface area contributed by atoms with Gasteiger partial charge in [0.25, 0.3) is 5.56 Å². The highest BCUT2D eigenvalue weighted by Crippen LogP contribution is 2.37. The third kappa shape index (κ3) is 2.51. The van der Waals surface area contributed by atoms with E-state index in [1.165, 1.54) is 30.1 Å². The molecule has 3 heterocycles. The minimum Gasteiger partial charge on any atom is -0.468 e. The van der Waals surface area contributed by atoms with Crippen molar-refractivity contribution in [3.8, 4) is 0 Å². The highest BCUT2D eigenvalue weighted by atomic mass is 32.1. The molecule has 2 aromatic rings. The molecule has 3 rings (SSSR count). The molecule has 0 saturated carbocycles. The summed E-state index contributed by atoms with van der Waals surface area (Å²) in [5, 5.41) is 0. The summed E-state index contributed by atoms with van der Waals surface area (Å²) < 4.78 is 13.3. The number of esters is 1. The first-order chi connectivity index (χ1) is 10.7. The summed E-state index contributed by atoms with van der Waals surface area (Å²) in [6.45, 7) is 4.06. The quantitative estimate of drug-likeness (QED) is 0.756. The van der Waals surface area contributed by atoms with Crippen LogP contribution in [0.3, 0.4) is 0 Å². The lowest BCUT2D eigenvalue weighted by atomic mass is 9.98. The van der Waals surface area contributed by atoms with Crippen molar-refractivity contribution in [2.24, 2.45) is 7.05 Å². The van der Waals surface area contributed by atoms with Crippen LogP contribution in [0.5, 0.6) is 0 Å². The molecule has 0 fully saturated rings. The summed E-state index contributed by atoms with van der Waals surface area (Å²) in [6, 6.07) is 0. The van der Waals surface area contributed by atoms with Gasteiger partial charge in [-0.3, -0.25) is 18.7 Å². The van der Waals surface area contributed by atoms with E-state index in [0.29, 0.717) is 23.2 Å². The largest absolute Gasteiger partial charge is 0.468 e. The molecule has 1 aliphatic heterocycles. The number of methoxy groups -OCH3 is 1. The van der Waals surface area contributed by atoms with Crippen LogP contribution in [0, 0.1) is 0 Å². The Kier molecular flexibility index (Phi) is 3.68. The van der Waals surface area contributed by atoms with Crippen LogP contribution in [-0.2, 0) is 40.9 Å². The molecule has 0 aliphatic carbocycles. The average molecular weight is 338 g/mol. The van der Waals surface area contributed by atoms with Gasteiger partial charge >= 0.3 is 11.7 Å². The van der Waals surface area contributed by atoms with Crippen molar-refractivity contribution in [3.63, 3.8) is 0 Å². The molecule has 2 aromatic heterocycles. The zero-order chi connectivity index (χ0) is 16.9. The predicted molar refractivity (Wildman–Crippen MR) is 85.9 cm³/mol. The van der Waals surface area contributed by atoms with E-state index >= 15 is 0 Å². The lowest BCUT2D eigenvalue weighted by Crippen LogP contribution is -2.39. The molecule has 0 bridgehead atoms. The van der Waals surface area contributed by atoms with Gasteiger partial charge in [0.1, 0.15) is 11.2 Å². The van der Waals surface area contributed by atoms with Crippen molar-refractivity contribution in [3.05, 3.63) is 31.3 Å². The smallest absolute Gasteiger partial charge is 0.331 e.